The molecule has 0 spiro atoms. The molecule has 1 aliphatic heterocycles. The Morgan fingerprint density at radius 1 is 0.857 bits per heavy atom. The number of rotatable bonds is 11. The Morgan fingerprint density at radius 2 is 1.50 bits per heavy atom. The van der Waals surface area contributed by atoms with Crippen LogP contribution < -0.4 is 0 Å². The van der Waals surface area contributed by atoms with E-state index in [1.165, 1.54) is 43.2 Å². The van der Waals surface area contributed by atoms with Crippen molar-refractivity contribution >= 4 is 0 Å². The van der Waals surface area contributed by atoms with Crippen LogP contribution in [0.3, 0.4) is 0 Å². The summed E-state index contributed by atoms with van der Waals surface area (Å²) in [6.45, 7) is 6.51. The van der Waals surface area contributed by atoms with Crippen molar-refractivity contribution in [3.8, 4) is 0 Å². The Morgan fingerprint density at radius 3 is 2.18 bits per heavy atom. The fourth-order valence-electron chi connectivity index (χ4n) is 3.96. The summed E-state index contributed by atoms with van der Waals surface area (Å²) in [7, 11) is 2.22. The van der Waals surface area contributed by atoms with Crippen LogP contribution in [-0.4, -0.2) is 49.2 Å². The summed E-state index contributed by atoms with van der Waals surface area (Å²) >= 11 is 0. The van der Waals surface area contributed by atoms with Crippen LogP contribution in [0.25, 0.3) is 0 Å². The van der Waals surface area contributed by atoms with Crippen molar-refractivity contribution in [2.45, 2.75) is 51.3 Å². The molecule has 3 heteroatoms. The van der Waals surface area contributed by atoms with Crippen molar-refractivity contribution in [3.05, 3.63) is 71.8 Å². The highest BCUT2D eigenvalue weighted by Gasteiger charge is 2.19. The Balaban J connectivity index is 1.19. The number of hydrogen-bond acceptors (Lipinski definition) is 3. The van der Waals surface area contributed by atoms with Crippen molar-refractivity contribution < 1.29 is 4.74 Å². The van der Waals surface area contributed by atoms with Crippen LogP contribution in [0.4, 0.5) is 0 Å². The third kappa shape index (κ3) is 7.75. The number of hydrogen-bond donors (Lipinski definition) is 0. The third-order valence-corrected chi connectivity index (χ3v) is 5.62. The van der Waals surface area contributed by atoms with Gasteiger partial charge in [0.2, 0.25) is 0 Å². The quantitative estimate of drug-likeness (QED) is 0.512. The smallest absolute Gasteiger partial charge is 0.0599 e. The van der Waals surface area contributed by atoms with E-state index < -0.39 is 0 Å². The molecule has 3 nitrogen and oxygen atoms in total. The zero-order chi connectivity index (χ0) is 19.4. The molecule has 0 radical (unpaired) electrons. The molecule has 2 aromatic carbocycles. The average Bonchev–Trinajstić information content (AvgIpc) is 2.73. The van der Waals surface area contributed by atoms with Crippen LogP contribution in [0.2, 0.25) is 0 Å². The van der Waals surface area contributed by atoms with Crippen molar-refractivity contribution in [1.82, 2.24) is 9.80 Å². The number of benzene rings is 2. The van der Waals surface area contributed by atoms with Gasteiger partial charge in [-0.1, -0.05) is 60.7 Å². The molecule has 0 atom stereocenters. The minimum absolute atomic E-state index is 0.466. The molecule has 1 fully saturated rings. The lowest BCUT2D eigenvalue weighted by atomic mass is 10.1. The standard InChI is InChI=1S/C25H36N2O/c1-26(21-23-11-5-2-6-12-23)17-9-4-10-20-28-25-15-18-27(19-16-25)22-24-13-7-3-8-14-24/h2-3,5-8,11-14,25H,4,9-10,15-22H2,1H3. The molecule has 3 rings (SSSR count). The van der Waals surface area contributed by atoms with E-state index >= 15 is 0 Å². The first-order valence-corrected chi connectivity index (χ1v) is 10.9. The van der Waals surface area contributed by atoms with E-state index in [0.29, 0.717) is 6.10 Å². The number of likely N-dealkylation sites (tertiary alicyclic amines) is 1. The van der Waals surface area contributed by atoms with Crippen LogP contribution >= 0.6 is 0 Å². The van der Waals surface area contributed by atoms with Gasteiger partial charge in [-0.2, -0.15) is 0 Å². The predicted octanol–water partition coefficient (Wildman–Crippen LogP) is 4.97. The maximum atomic E-state index is 6.14. The van der Waals surface area contributed by atoms with Gasteiger partial charge >= 0.3 is 0 Å². The lowest BCUT2D eigenvalue weighted by molar-refractivity contribution is 0.00416. The summed E-state index contributed by atoms with van der Waals surface area (Å²) in [5.74, 6) is 0. The van der Waals surface area contributed by atoms with E-state index in [9.17, 15) is 0 Å². The van der Waals surface area contributed by atoms with Crippen LogP contribution in [0.15, 0.2) is 60.7 Å². The molecular weight excluding hydrogens is 344 g/mol. The highest BCUT2D eigenvalue weighted by atomic mass is 16.5. The molecule has 0 amide bonds. The molecule has 152 valence electrons. The van der Waals surface area contributed by atoms with Crippen molar-refractivity contribution in [3.63, 3.8) is 0 Å². The maximum absolute atomic E-state index is 6.14. The molecule has 0 bridgehead atoms. The molecule has 0 N–H and O–H groups in total. The van der Waals surface area contributed by atoms with Gasteiger partial charge in [-0.15, -0.1) is 0 Å². The monoisotopic (exact) mass is 380 g/mol. The minimum Gasteiger partial charge on any atom is -0.378 e. The minimum atomic E-state index is 0.466. The molecule has 28 heavy (non-hydrogen) atoms. The molecule has 0 aliphatic carbocycles. The normalized spacial score (nSPS) is 15.9. The zero-order valence-corrected chi connectivity index (χ0v) is 17.4. The molecule has 1 heterocycles. The predicted molar refractivity (Wildman–Crippen MR) is 117 cm³/mol. The summed E-state index contributed by atoms with van der Waals surface area (Å²) < 4.78 is 6.14. The fraction of sp³-hybridized carbons (Fsp3) is 0.520. The second kappa shape index (κ2) is 12.0. The van der Waals surface area contributed by atoms with Crippen LogP contribution in [0, 0.1) is 0 Å². The highest BCUT2D eigenvalue weighted by molar-refractivity contribution is 5.15. The SMILES string of the molecule is CN(CCCCCOC1CCN(Cc2ccccc2)CC1)Cc1ccccc1. The number of ether oxygens (including phenoxy) is 1. The second-order valence-electron chi connectivity index (χ2n) is 8.12. The average molecular weight is 381 g/mol. The zero-order valence-electron chi connectivity index (χ0n) is 17.4. The van der Waals surface area contributed by atoms with Gasteiger partial charge < -0.3 is 9.64 Å². The fourth-order valence-corrected chi connectivity index (χ4v) is 3.96. The van der Waals surface area contributed by atoms with Crippen LogP contribution in [0.5, 0.6) is 0 Å². The van der Waals surface area contributed by atoms with Crippen LogP contribution in [-0.2, 0) is 17.8 Å². The molecule has 0 aromatic heterocycles. The molecule has 1 saturated heterocycles. The Labute approximate surface area is 171 Å². The maximum Gasteiger partial charge on any atom is 0.0599 e. The van der Waals surface area contributed by atoms with Gasteiger partial charge in [0.1, 0.15) is 0 Å². The lowest BCUT2D eigenvalue weighted by Crippen LogP contribution is -2.36. The molecule has 1 aliphatic rings. The highest BCUT2D eigenvalue weighted by Crippen LogP contribution is 2.17. The van der Waals surface area contributed by atoms with E-state index in [2.05, 4.69) is 77.5 Å². The van der Waals surface area contributed by atoms with E-state index in [4.69, 9.17) is 4.74 Å². The largest absolute Gasteiger partial charge is 0.378 e. The van der Waals surface area contributed by atoms with Crippen molar-refractivity contribution in [2.75, 3.05) is 33.3 Å². The summed E-state index contributed by atoms with van der Waals surface area (Å²) in [4.78, 5) is 4.97. The summed E-state index contributed by atoms with van der Waals surface area (Å²) in [6.07, 6.45) is 6.50. The van der Waals surface area contributed by atoms with Gasteiger partial charge in [0.25, 0.3) is 0 Å². The van der Waals surface area contributed by atoms with E-state index in [-0.39, 0.29) is 0 Å². The number of piperidine rings is 1. The first kappa shape index (κ1) is 21.0. The molecule has 0 unspecified atom stereocenters. The lowest BCUT2D eigenvalue weighted by Gasteiger charge is -2.32. The van der Waals surface area contributed by atoms with E-state index in [1.54, 1.807) is 0 Å². The van der Waals surface area contributed by atoms with Gasteiger partial charge in [-0.3, -0.25) is 4.90 Å². The topological polar surface area (TPSA) is 15.7 Å². The summed E-state index contributed by atoms with van der Waals surface area (Å²) in [5, 5.41) is 0. The Kier molecular flexibility index (Phi) is 9.02. The van der Waals surface area contributed by atoms with Gasteiger partial charge in [0.05, 0.1) is 6.10 Å². The van der Waals surface area contributed by atoms with E-state index in [1.807, 2.05) is 0 Å². The second-order valence-corrected chi connectivity index (χ2v) is 8.12. The van der Waals surface area contributed by atoms with Crippen LogP contribution in [0.1, 0.15) is 43.2 Å². The molecule has 0 saturated carbocycles. The number of unbranched alkanes of at least 4 members (excludes halogenated alkanes) is 2. The summed E-state index contributed by atoms with van der Waals surface area (Å²) in [6, 6.07) is 21.5. The number of nitrogens with zero attached hydrogens (tertiary/aromatic N) is 2. The van der Waals surface area contributed by atoms with Gasteiger partial charge in [-0.05, 0) is 56.8 Å². The van der Waals surface area contributed by atoms with Crippen molar-refractivity contribution in [1.29, 1.82) is 0 Å². The van der Waals surface area contributed by atoms with Gasteiger partial charge in [0, 0.05) is 32.8 Å². The summed E-state index contributed by atoms with van der Waals surface area (Å²) in [5.41, 5.74) is 2.81. The Hall–Kier alpha value is -1.68. The first-order chi connectivity index (χ1) is 13.8. The van der Waals surface area contributed by atoms with E-state index in [0.717, 1.165) is 39.3 Å². The Bertz CT molecular complexity index is 638. The van der Waals surface area contributed by atoms with Gasteiger partial charge in [-0.25, -0.2) is 0 Å². The molecule has 2 aromatic rings. The first-order valence-electron chi connectivity index (χ1n) is 10.9. The molecular formula is C25H36N2O. The van der Waals surface area contributed by atoms with Crippen molar-refractivity contribution in [2.24, 2.45) is 0 Å². The third-order valence-electron chi connectivity index (χ3n) is 5.62. The van der Waals surface area contributed by atoms with Gasteiger partial charge in [0.15, 0.2) is 0 Å².